The zero-order valence-electron chi connectivity index (χ0n) is 9.53. The van der Waals surface area contributed by atoms with E-state index in [1.165, 1.54) is 10.9 Å². The molecule has 0 atom stereocenters. The Balaban J connectivity index is 2.34. The maximum Gasteiger partial charge on any atom is 0.124 e. The molecule has 2 rings (SSSR count). The zero-order valence-corrected chi connectivity index (χ0v) is 9.53. The molecule has 3 nitrogen and oxygen atoms in total. The highest BCUT2D eigenvalue weighted by molar-refractivity contribution is 5.83. The second kappa shape index (κ2) is 4.94. The SMILES string of the molecule is CCCNCc1cc(N)nc2ccccc12. The van der Waals surface area contributed by atoms with E-state index in [1.54, 1.807) is 0 Å². The summed E-state index contributed by atoms with van der Waals surface area (Å²) in [7, 11) is 0. The number of nitrogens with zero attached hydrogens (tertiary/aromatic N) is 1. The van der Waals surface area contributed by atoms with Crippen LogP contribution in [0.1, 0.15) is 18.9 Å². The van der Waals surface area contributed by atoms with E-state index in [0.717, 1.165) is 25.0 Å². The summed E-state index contributed by atoms with van der Waals surface area (Å²) in [5.74, 6) is 0.590. The first kappa shape index (κ1) is 10.9. The molecule has 3 N–H and O–H groups in total. The van der Waals surface area contributed by atoms with Crippen LogP contribution >= 0.6 is 0 Å². The number of hydrogen-bond donors (Lipinski definition) is 2. The van der Waals surface area contributed by atoms with Gasteiger partial charge >= 0.3 is 0 Å². The molecular weight excluding hydrogens is 198 g/mol. The Bertz CT molecular complexity index is 480. The number of nitrogen functional groups attached to an aromatic ring is 1. The number of hydrogen-bond acceptors (Lipinski definition) is 3. The van der Waals surface area contributed by atoms with E-state index in [-0.39, 0.29) is 0 Å². The summed E-state index contributed by atoms with van der Waals surface area (Å²) >= 11 is 0. The molecule has 0 radical (unpaired) electrons. The molecule has 0 amide bonds. The minimum absolute atomic E-state index is 0.590. The van der Waals surface area contributed by atoms with Gasteiger partial charge in [0, 0.05) is 11.9 Å². The lowest BCUT2D eigenvalue weighted by Crippen LogP contribution is -2.14. The molecule has 0 unspecified atom stereocenters. The fourth-order valence-corrected chi connectivity index (χ4v) is 1.82. The summed E-state index contributed by atoms with van der Waals surface area (Å²) in [6, 6.07) is 10.0. The maximum absolute atomic E-state index is 5.79. The topological polar surface area (TPSA) is 50.9 Å². The largest absolute Gasteiger partial charge is 0.384 e. The highest BCUT2D eigenvalue weighted by atomic mass is 14.9. The lowest BCUT2D eigenvalue weighted by atomic mass is 10.1. The van der Waals surface area contributed by atoms with Crippen molar-refractivity contribution in [3.8, 4) is 0 Å². The van der Waals surface area contributed by atoms with Crippen LogP contribution in [0.5, 0.6) is 0 Å². The van der Waals surface area contributed by atoms with Crippen LogP contribution in [0, 0.1) is 0 Å². The molecule has 1 aromatic heterocycles. The van der Waals surface area contributed by atoms with Crippen molar-refractivity contribution in [3.05, 3.63) is 35.9 Å². The van der Waals surface area contributed by atoms with Crippen molar-refractivity contribution in [3.63, 3.8) is 0 Å². The number of pyridine rings is 1. The molecule has 3 heteroatoms. The van der Waals surface area contributed by atoms with E-state index in [9.17, 15) is 0 Å². The van der Waals surface area contributed by atoms with Gasteiger partial charge in [-0.2, -0.15) is 0 Å². The van der Waals surface area contributed by atoms with Gasteiger partial charge in [-0.1, -0.05) is 25.1 Å². The number of nitrogens with one attached hydrogen (secondary N) is 1. The zero-order chi connectivity index (χ0) is 11.4. The Kier molecular flexibility index (Phi) is 3.37. The monoisotopic (exact) mass is 215 g/mol. The molecule has 0 aliphatic carbocycles. The van der Waals surface area contributed by atoms with Crippen LogP contribution in [0.2, 0.25) is 0 Å². The van der Waals surface area contributed by atoms with E-state index in [4.69, 9.17) is 5.73 Å². The van der Waals surface area contributed by atoms with Gasteiger partial charge in [-0.05, 0) is 30.7 Å². The van der Waals surface area contributed by atoms with Crippen LogP contribution in [0.25, 0.3) is 10.9 Å². The van der Waals surface area contributed by atoms with Crippen molar-refractivity contribution in [2.24, 2.45) is 0 Å². The molecule has 0 aliphatic heterocycles. The van der Waals surface area contributed by atoms with Crippen molar-refractivity contribution >= 4 is 16.7 Å². The molecule has 0 fully saturated rings. The maximum atomic E-state index is 5.79. The molecule has 0 saturated heterocycles. The van der Waals surface area contributed by atoms with Crippen LogP contribution in [-0.2, 0) is 6.54 Å². The summed E-state index contributed by atoms with van der Waals surface area (Å²) < 4.78 is 0. The van der Waals surface area contributed by atoms with Gasteiger partial charge in [-0.15, -0.1) is 0 Å². The van der Waals surface area contributed by atoms with E-state index >= 15 is 0 Å². The Hall–Kier alpha value is -1.61. The Morgan fingerprint density at radius 2 is 2.12 bits per heavy atom. The molecule has 0 saturated carbocycles. The van der Waals surface area contributed by atoms with Gasteiger partial charge < -0.3 is 11.1 Å². The molecule has 0 bridgehead atoms. The van der Waals surface area contributed by atoms with E-state index in [2.05, 4.69) is 23.3 Å². The summed E-state index contributed by atoms with van der Waals surface area (Å²) in [5.41, 5.74) is 7.98. The summed E-state index contributed by atoms with van der Waals surface area (Å²) in [6.07, 6.45) is 1.14. The Labute approximate surface area is 95.7 Å². The van der Waals surface area contributed by atoms with E-state index in [0.29, 0.717) is 5.82 Å². The number of fused-ring (bicyclic) bond motifs is 1. The molecule has 84 valence electrons. The average Bonchev–Trinajstić information content (AvgIpc) is 2.29. The van der Waals surface area contributed by atoms with Gasteiger partial charge in [-0.3, -0.25) is 0 Å². The second-order valence-electron chi connectivity index (χ2n) is 3.90. The Morgan fingerprint density at radius 3 is 2.94 bits per heavy atom. The molecule has 0 spiro atoms. The fraction of sp³-hybridized carbons (Fsp3) is 0.308. The van der Waals surface area contributed by atoms with Crippen LogP contribution in [-0.4, -0.2) is 11.5 Å². The lowest BCUT2D eigenvalue weighted by Gasteiger charge is -2.08. The van der Waals surface area contributed by atoms with Gasteiger partial charge in [0.15, 0.2) is 0 Å². The number of para-hydroxylation sites is 1. The van der Waals surface area contributed by atoms with Crippen LogP contribution < -0.4 is 11.1 Å². The summed E-state index contributed by atoms with van der Waals surface area (Å²) in [5, 5.41) is 4.57. The lowest BCUT2D eigenvalue weighted by molar-refractivity contribution is 0.678. The molecule has 16 heavy (non-hydrogen) atoms. The predicted octanol–water partition coefficient (Wildman–Crippen LogP) is 2.32. The van der Waals surface area contributed by atoms with E-state index in [1.807, 2.05) is 24.3 Å². The second-order valence-corrected chi connectivity index (χ2v) is 3.90. The van der Waals surface area contributed by atoms with Crippen molar-refractivity contribution in [2.45, 2.75) is 19.9 Å². The van der Waals surface area contributed by atoms with Crippen molar-refractivity contribution in [1.29, 1.82) is 0 Å². The molecule has 0 aliphatic rings. The quantitative estimate of drug-likeness (QED) is 0.769. The van der Waals surface area contributed by atoms with Gasteiger partial charge in [0.2, 0.25) is 0 Å². The smallest absolute Gasteiger partial charge is 0.124 e. The van der Waals surface area contributed by atoms with Crippen LogP contribution in [0.4, 0.5) is 5.82 Å². The minimum Gasteiger partial charge on any atom is -0.384 e. The molecule has 1 aromatic carbocycles. The molecule has 2 aromatic rings. The third kappa shape index (κ3) is 2.31. The normalized spacial score (nSPS) is 10.8. The van der Waals surface area contributed by atoms with Gasteiger partial charge in [0.1, 0.15) is 5.82 Å². The van der Waals surface area contributed by atoms with Gasteiger partial charge in [0.25, 0.3) is 0 Å². The highest BCUT2D eigenvalue weighted by Gasteiger charge is 2.02. The first-order chi connectivity index (χ1) is 7.81. The first-order valence-electron chi connectivity index (χ1n) is 5.66. The fourth-order valence-electron chi connectivity index (χ4n) is 1.82. The highest BCUT2D eigenvalue weighted by Crippen LogP contribution is 2.18. The third-order valence-electron chi connectivity index (χ3n) is 2.56. The van der Waals surface area contributed by atoms with Crippen molar-refractivity contribution < 1.29 is 0 Å². The average molecular weight is 215 g/mol. The third-order valence-corrected chi connectivity index (χ3v) is 2.56. The van der Waals surface area contributed by atoms with Crippen molar-refractivity contribution in [2.75, 3.05) is 12.3 Å². The number of anilines is 1. The van der Waals surface area contributed by atoms with E-state index < -0.39 is 0 Å². The first-order valence-corrected chi connectivity index (χ1v) is 5.66. The minimum atomic E-state index is 0.590. The molecular formula is C13H17N3. The summed E-state index contributed by atoms with van der Waals surface area (Å²) in [6.45, 7) is 4.03. The van der Waals surface area contributed by atoms with Crippen LogP contribution in [0.3, 0.4) is 0 Å². The number of aromatic nitrogens is 1. The number of nitrogens with two attached hydrogens (primary N) is 1. The number of benzene rings is 1. The Morgan fingerprint density at radius 1 is 1.31 bits per heavy atom. The standard InChI is InChI=1S/C13H17N3/c1-2-7-15-9-10-8-13(14)16-12-6-4-3-5-11(10)12/h3-6,8,15H,2,7,9H2,1H3,(H2,14,16). The number of rotatable bonds is 4. The van der Waals surface area contributed by atoms with Crippen molar-refractivity contribution in [1.82, 2.24) is 10.3 Å². The predicted molar refractivity (Wildman–Crippen MR) is 68.2 cm³/mol. The van der Waals surface area contributed by atoms with Crippen LogP contribution in [0.15, 0.2) is 30.3 Å². The molecule has 1 heterocycles. The van der Waals surface area contributed by atoms with Gasteiger partial charge in [-0.25, -0.2) is 4.98 Å². The summed E-state index contributed by atoms with van der Waals surface area (Å²) in [4.78, 5) is 4.31. The van der Waals surface area contributed by atoms with Gasteiger partial charge in [0.05, 0.1) is 5.52 Å².